The van der Waals surface area contributed by atoms with Crippen LogP contribution < -0.4 is 5.32 Å². The summed E-state index contributed by atoms with van der Waals surface area (Å²) in [5.74, 6) is 0.125. The number of hydrogen-bond acceptors (Lipinski definition) is 4. The van der Waals surface area contributed by atoms with Crippen molar-refractivity contribution in [3.05, 3.63) is 24.8 Å². The second-order valence-corrected chi connectivity index (χ2v) is 3.72. The van der Waals surface area contributed by atoms with Crippen LogP contribution in [0.3, 0.4) is 0 Å². The zero-order chi connectivity index (χ0) is 11.7. The minimum atomic E-state index is -0.442. The monoisotopic (exact) mass is 229 g/mol. The van der Waals surface area contributed by atoms with Crippen LogP contribution in [0.5, 0.6) is 0 Å². The highest BCUT2D eigenvalue weighted by Crippen LogP contribution is 2.00. The predicted octanol–water partition coefficient (Wildman–Crippen LogP) is 1.73. The maximum atomic E-state index is 11.0. The van der Waals surface area contributed by atoms with Gasteiger partial charge in [-0.2, -0.15) is 0 Å². The second kappa shape index (κ2) is 8.11. The van der Waals surface area contributed by atoms with E-state index in [1.165, 1.54) is 0 Å². The summed E-state index contributed by atoms with van der Waals surface area (Å²) in [5.41, 5.74) is 0.349. The molecule has 0 unspecified atom stereocenters. The van der Waals surface area contributed by atoms with E-state index in [2.05, 4.69) is 18.5 Å². The molecule has 0 fully saturated rings. The van der Waals surface area contributed by atoms with Gasteiger partial charge in [-0.1, -0.05) is 24.4 Å². The molecule has 0 aliphatic rings. The van der Waals surface area contributed by atoms with Crippen molar-refractivity contribution in [3.8, 4) is 0 Å². The standard InChI is InChI=1S/C10H15NO3S/c1-4-7-15-10(13)11-5-6-14-9(12)8(2)3/h4H,1-2,5-7H2,3H3,(H,11,13). The molecule has 0 radical (unpaired) electrons. The highest BCUT2D eigenvalue weighted by atomic mass is 32.2. The minimum Gasteiger partial charge on any atom is -0.460 e. The molecule has 0 aromatic heterocycles. The first-order valence-electron chi connectivity index (χ1n) is 4.42. The van der Waals surface area contributed by atoms with Crippen LogP contribution in [0.25, 0.3) is 0 Å². The number of hydrogen-bond donors (Lipinski definition) is 1. The molecule has 1 amide bonds. The number of carbonyl (C=O) groups is 2. The molecule has 1 N–H and O–H groups in total. The van der Waals surface area contributed by atoms with Crippen molar-refractivity contribution in [2.45, 2.75) is 6.92 Å². The third-order valence-corrected chi connectivity index (χ3v) is 2.09. The molecule has 0 heterocycles. The van der Waals surface area contributed by atoms with Gasteiger partial charge in [-0.3, -0.25) is 4.79 Å². The molecule has 0 aliphatic heterocycles. The Morgan fingerprint density at radius 3 is 2.73 bits per heavy atom. The van der Waals surface area contributed by atoms with Gasteiger partial charge in [0.25, 0.3) is 5.24 Å². The van der Waals surface area contributed by atoms with Gasteiger partial charge in [-0.05, 0) is 6.92 Å². The number of rotatable bonds is 6. The van der Waals surface area contributed by atoms with E-state index in [9.17, 15) is 9.59 Å². The Hall–Kier alpha value is -1.23. The highest BCUT2D eigenvalue weighted by Gasteiger charge is 2.03. The fourth-order valence-electron chi connectivity index (χ4n) is 0.606. The molecule has 0 rings (SSSR count). The first-order valence-corrected chi connectivity index (χ1v) is 5.40. The Labute approximate surface area is 93.8 Å². The van der Waals surface area contributed by atoms with Crippen LogP contribution in [0.1, 0.15) is 6.92 Å². The van der Waals surface area contributed by atoms with Crippen LogP contribution in [0.15, 0.2) is 24.8 Å². The Morgan fingerprint density at radius 2 is 2.20 bits per heavy atom. The topological polar surface area (TPSA) is 55.4 Å². The van der Waals surface area contributed by atoms with Crippen LogP contribution in [0, 0.1) is 0 Å². The second-order valence-electron chi connectivity index (χ2n) is 2.73. The Kier molecular flexibility index (Phi) is 7.44. The van der Waals surface area contributed by atoms with Gasteiger partial charge in [0, 0.05) is 11.3 Å². The molecule has 0 bridgehead atoms. The van der Waals surface area contributed by atoms with Crippen molar-refractivity contribution < 1.29 is 14.3 Å². The van der Waals surface area contributed by atoms with E-state index in [1.807, 2.05) is 0 Å². The summed E-state index contributed by atoms with van der Waals surface area (Å²) in [6.45, 7) is 8.96. The molecule has 5 heteroatoms. The molecular weight excluding hydrogens is 214 g/mol. The van der Waals surface area contributed by atoms with E-state index < -0.39 is 5.97 Å². The Bertz CT molecular complexity index is 263. The lowest BCUT2D eigenvalue weighted by Gasteiger charge is -2.05. The summed E-state index contributed by atoms with van der Waals surface area (Å²) in [5, 5.41) is 2.43. The molecule has 84 valence electrons. The number of nitrogens with one attached hydrogen (secondary N) is 1. The number of amides is 1. The van der Waals surface area contributed by atoms with E-state index in [1.54, 1.807) is 13.0 Å². The molecule has 0 saturated heterocycles. The average molecular weight is 229 g/mol. The van der Waals surface area contributed by atoms with Gasteiger partial charge < -0.3 is 10.1 Å². The molecule has 4 nitrogen and oxygen atoms in total. The van der Waals surface area contributed by atoms with Crippen LogP contribution in [-0.4, -0.2) is 30.1 Å². The van der Waals surface area contributed by atoms with E-state index in [0.29, 0.717) is 17.9 Å². The molecule has 0 aliphatic carbocycles. The first kappa shape index (κ1) is 13.8. The number of carbonyl (C=O) groups excluding carboxylic acids is 2. The fraction of sp³-hybridized carbons (Fsp3) is 0.400. The molecule has 0 spiro atoms. The van der Waals surface area contributed by atoms with Crippen molar-refractivity contribution in [1.29, 1.82) is 0 Å². The van der Waals surface area contributed by atoms with E-state index >= 15 is 0 Å². The molecule has 0 atom stereocenters. The SMILES string of the molecule is C=CCSC(=O)NCCOC(=O)C(=C)C. The summed E-state index contributed by atoms with van der Waals surface area (Å²) in [7, 11) is 0. The summed E-state index contributed by atoms with van der Waals surface area (Å²) in [4.78, 5) is 21.9. The maximum absolute atomic E-state index is 11.0. The fourth-order valence-corrected chi connectivity index (χ4v) is 1.08. The molecule has 0 aromatic carbocycles. The van der Waals surface area contributed by atoms with Crippen molar-refractivity contribution in [2.24, 2.45) is 0 Å². The molecular formula is C10H15NO3S. The van der Waals surface area contributed by atoms with Crippen LogP contribution >= 0.6 is 11.8 Å². The Balaban J connectivity index is 3.46. The largest absolute Gasteiger partial charge is 0.460 e. The number of esters is 1. The molecule has 0 saturated carbocycles. The van der Waals surface area contributed by atoms with Gasteiger partial charge >= 0.3 is 5.97 Å². The third kappa shape index (κ3) is 7.81. The predicted molar refractivity (Wildman–Crippen MR) is 61.8 cm³/mol. The average Bonchev–Trinajstić information content (AvgIpc) is 2.20. The number of thioether (sulfide) groups is 1. The van der Waals surface area contributed by atoms with Gasteiger partial charge in [-0.15, -0.1) is 6.58 Å². The third-order valence-electron chi connectivity index (χ3n) is 1.29. The van der Waals surface area contributed by atoms with Crippen molar-refractivity contribution in [3.63, 3.8) is 0 Å². The lowest BCUT2D eigenvalue weighted by molar-refractivity contribution is -0.138. The maximum Gasteiger partial charge on any atom is 0.333 e. The molecule has 0 aromatic rings. The van der Waals surface area contributed by atoms with Gasteiger partial charge in [0.2, 0.25) is 0 Å². The van der Waals surface area contributed by atoms with Crippen molar-refractivity contribution in [2.75, 3.05) is 18.9 Å². The molecule has 15 heavy (non-hydrogen) atoms. The van der Waals surface area contributed by atoms with Crippen molar-refractivity contribution >= 4 is 23.0 Å². The van der Waals surface area contributed by atoms with E-state index in [0.717, 1.165) is 11.8 Å². The van der Waals surface area contributed by atoms with Crippen LogP contribution in [-0.2, 0) is 9.53 Å². The smallest absolute Gasteiger partial charge is 0.333 e. The summed E-state index contributed by atoms with van der Waals surface area (Å²) in [6, 6.07) is 0. The normalized spacial score (nSPS) is 9.13. The zero-order valence-electron chi connectivity index (χ0n) is 8.75. The van der Waals surface area contributed by atoms with Gasteiger partial charge in [0.15, 0.2) is 0 Å². The lowest BCUT2D eigenvalue weighted by atomic mass is 10.4. The van der Waals surface area contributed by atoms with Crippen molar-refractivity contribution in [1.82, 2.24) is 5.32 Å². The van der Waals surface area contributed by atoms with Gasteiger partial charge in [0.1, 0.15) is 6.61 Å². The van der Waals surface area contributed by atoms with E-state index in [4.69, 9.17) is 4.74 Å². The van der Waals surface area contributed by atoms with E-state index in [-0.39, 0.29) is 11.8 Å². The Morgan fingerprint density at radius 1 is 1.53 bits per heavy atom. The van der Waals surface area contributed by atoms with Gasteiger partial charge in [0.05, 0.1) is 6.54 Å². The first-order chi connectivity index (χ1) is 7.07. The highest BCUT2D eigenvalue weighted by molar-refractivity contribution is 8.13. The minimum absolute atomic E-state index is 0.152. The summed E-state index contributed by atoms with van der Waals surface area (Å²) >= 11 is 1.12. The zero-order valence-corrected chi connectivity index (χ0v) is 9.56. The van der Waals surface area contributed by atoms with Crippen LogP contribution in [0.4, 0.5) is 4.79 Å². The quantitative estimate of drug-likeness (QED) is 0.326. The number of ether oxygens (including phenoxy) is 1. The summed E-state index contributed by atoms with van der Waals surface area (Å²) in [6.07, 6.45) is 1.64. The van der Waals surface area contributed by atoms with Gasteiger partial charge in [-0.25, -0.2) is 4.79 Å². The van der Waals surface area contributed by atoms with Crippen LogP contribution in [0.2, 0.25) is 0 Å². The summed E-state index contributed by atoms with van der Waals surface area (Å²) < 4.78 is 4.78. The lowest BCUT2D eigenvalue weighted by Crippen LogP contribution is -2.24.